The first-order valence-corrected chi connectivity index (χ1v) is 14.7. The van der Waals surface area contributed by atoms with Crippen LogP contribution in [0.25, 0.3) is 0 Å². The van der Waals surface area contributed by atoms with Gasteiger partial charge in [-0.1, -0.05) is 59.6 Å². The number of nitrogens with one attached hydrogen (secondary N) is 2. The molecule has 3 aromatic carbocycles. The van der Waals surface area contributed by atoms with Crippen molar-refractivity contribution >= 4 is 50.9 Å². The first-order chi connectivity index (χ1) is 18.2. The molecule has 0 spiro atoms. The zero-order valence-electron chi connectivity index (χ0n) is 22.1. The average Bonchev–Trinajstić information content (AvgIpc) is 2.86. The Morgan fingerprint density at radius 1 is 0.872 bits per heavy atom. The number of hydrogen-bond donors (Lipinski definition) is 2. The van der Waals surface area contributed by atoms with Crippen LogP contribution >= 0.6 is 23.2 Å². The molecule has 3 rings (SSSR count). The molecule has 208 valence electrons. The Bertz CT molecular complexity index is 1420. The maximum Gasteiger partial charge on any atom is 0.407 e. The molecule has 8 nitrogen and oxygen atoms in total. The largest absolute Gasteiger partial charge is 0.444 e. The molecule has 0 saturated heterocycles. The van der Waals surface area contributed by atoms with Gasteiger partial charge in [0.15, 0.2) is 0 Å². The fourth-order valence-corrected chi connectivity index (χ4v) is 4.81. The Hall–Kier alpha value is -3.27. The highest BCUT2D eigenvalue weighted by Gasteiger charge is 2.20. The number of sulfonamides is 1. The summed E-state index contributed by atoms with van der Waals surface area (Å²) < 4.78 is 31.4. The topological polar surface area (TPSA) is 105 Å². The molecule has 2 amide bonds. The average molecular weight is 593 g/mol. The summed E-state index contributed by atoms with van der Waals surface area (Å²) in [6.07, 6.45) is 0.614. The summed E-state index contributed by atoms with van der Waals surface area (Å²) in [7, 11) is -3.65. The highest BCUT2D eigenvalue weighted by atomic mass is 35.5. The van der Waals surface area contributed by atoms with Crippen LogP contribution in [0.2, 0.25) is 10.0 Å². The number of amides is 2. The summed E-state index contributed by atoms with van der Waals surface area (Å²) in [5.74, 6) is -0.305. The molecular formula is C28H31Cl2N3O5S. The molecular weight excluding hydrogens is 561 g/mol. The van der Waals surface area contributed by atoms with E-state index in [1.165, 1.54) is 4.31 Å². The van der Waals surface area contributed by atoms with Gasteiger partial charge in [0.05, 0.1) is 28.5 Å². The Kier molecular flexibility index (Phi) is 9.88. The molecule has 0 bridgehead atoms. The molecule has 39 heavy (non-hydrogen) atoms. The molecule has 11 heteroatoms. The molecule has 0 saturated carbocycles. The number of benzene rings is 3. The van der Waals surface area contributed by atoms with Crippen LogP contribution in [0.5, 0.6) is 0 Å². The van der Waals surface area contributed by atoms with Gasteiger partial charge in [-0.3, -0.25) is 9.10 Å². The maximum atomic E-state index is 12.7. The minimum absolute atomic E-state index is 0.00689. The molecule has 3 aromatic rings. The van der Waals surface area contributed by atoms with Gasteiger partial charge in [-0.25, -0.2) is 13.2 Å². The molecule has 0 aliphatic rings. The lowest BCUT2D eigenvalue weighted by atomic mass is 10.1. The van der Waals surface area contributed by atoms with E-state index in [-0.39, 0.29) is 17.5 Å². The first kappa shape index (κ1) is 30.3. The van der Waals surface area contributed by atoms with E-state index in [1.54, 1.807) is 63.2 Å². The van der Waals surface area contributed by atoms with Gasteiger partial charge in [0.2, 0.25) is 10.0 Å². The second-order valence-electron chi connectivity index (χ2n) is 9.88. The first-order valence-electron chi connectivity index (χ1n) is 12.1. The molecule has 0 aliphatic heterocycles. The van der Waals surface area contributed by atoms with Gasteiger partial charge in [-0.2, -0.15) is 0 Å². The van der Waals surface area contributed by atoms with Crippen molar-refractivity contribution in [3.8, 4) is 0 Å². The molecule has 0 atom stereocenters. The number of alkyl carbamates (subject to hydrolysis) is 1. The zero-order valence-corrected chi connectivity index (χ0v) is 24.5. The minimum Gasteiger partial charge on any atom is -0.444 e. The Balaban J connectivity index is 1.59. The fraction of sp³-hybridized carbons (Fsp3) is 0.286. The molecule has 0 heterocycles. The number of anilines is 1. The van der Waals surface area contributed by atoms with Crippen molar-refractivity contribution in [2.75, 3.05) is 10.6 Å². The van der Waals surface area contributed by atoms with Crippen LogP contribution in [0.1, 0.15) is 47.8 Å². The smallest absolute Gasteiger partial charge is 0.407 e. The predicted molar refractivity (Wildman–Crippen MR) is 155 cm³/mol. The highest BCUT2D eigenvalue weighted by Crippen LogP contribution is 2.29. The standard InChI is InChI=1S/C28H31Cl2N3O5S/c1-28(2,3)38-27(35)32-17-20-10-8-19(9-11-20)16-31-26(34)21-12-14-23(15-13-21)33(39(4,36)37)18-22-6-5-7-24(29)25(22)30/h5-15H,16-18H2,1-4H3,(H,31,34)(H,32,35). The van der Waals surface area contributed by atoms with Crippen LogP contribution < -0.4 is 14.9 Å². The summed E-state index contributed by atoms with van der Waals surface area (Å²) in [6.45, 7) is 6.01. The van der Waals surface area contributed by atoms with Gasteiger partial charge in [-0.15, -0.1) is 0 Å². The lowest BCUT2D eigenvalue weighted by molar-refractivity contribution is 0.0523. The van der Waals surface area contributed by atoms with Gasteiger partial charge in [0.25, 0.3) is 5.91 Å². The number of carbonyl (C=O) groups excluding carboxylic acids is 2. The summed E-state index contributed by atoms with van der Waals surface area (Å²) in [5, 5.41) is 6.18. The van der Waals surface area contributed by atoms with Gasteiger partial charge in [0, 0.05) is 18.7 Å². The second-order valence-corrected chi connectivity index (χ2v) is 12.6. The summed E-state index contributed by atoms with van der Waals surface area (Å²) in [5.41, 5.74) is 2.53. The predicted octanol–water partition coefficient (Wildman–Crippen LogP) is 5.91. The normalized spacial score (nSPS) is 11.5. The number of hydrogen-bond acceptors (Lipinski definition) is 5. The molecule has 0 radical (unpaired) electrons. The Morgan fingerprint density at radius 3 is 1.97 bits per heavy atom. The maximum absolute atomic E-state index is 12.7. The van der Waals surface area contributed by atoms with E-state index in [0.717, 1.165) is 17.4 Å². The molecule has 0 unspecified atom stereocenters. The van der Waals surface area contributed by atoms with Crippen LogP contribution in [0, 0.1) is 0 Å². The second kappa shape index (κ2) is 12.7. The molecule has 0 aromatic heterocycles. The van der Waals surface area contributed by atoms with E-state index < -0.39 is 21.7 Å². The van der Waals surface area contributed by atoms with E-state index in [0.29, 0.717) is 34.9 Å². The minimum atomic E-state index is -3.65. The lowest BCUT2D eigenvalue weighted by Crippen LogP contribution is -2.32. The third kappa shape index (κ3) is 9.16. The van der Waals surface area contributed by atoms with Crippen LogP contribution in [0.15, 0.2) is 66.7 Å². The molecule has 0 aliphatic carbocycles. The van der Waals surface area contributed by atoms with Crippen molar-refractivity contribution in [3.05, 3.63) is 99.0 Å². The molecule has 0 fully saturated rings. The van der Waals surface area contributed by atoms with Gasteiger partial charge in [-0.05, 0) is 67.8 Å². The highest BCUT2D eigenvalue weighted by molar-refractivity contribution is 7.92. The number of ether oxygens (including phenoxy) is 1. The lowest BCUT2D eigenvalue weighted by Gasteiger charge is -2.23. The van der Waals surface area contributed by atoms with Crippen molar-refractivity contribution in [2.24, 2.45) is 0 Å². The Labute approximate surface area is 239 Å². The number of halogens is 2. The van der Waals surface area contributed by atoms with Crippen LogP contribution in [-0.2, 0) is 34.4 Å². The van der Waals surface area contributed by atoms with Crippen molar-refractivity contribution in [3.63, 3.8) is 0 Å². The van der Waals surface area contributed by atoms with Crippen molar-refractivity contribution < 1.29 is 22.7 Å². The van der Waals surface area contributed by atoms with E-state index in [4.69, 9.17) is 27.9 Å². The van der Waals surface area contributed by atoms with Gasteiger partial charge >= 0.3 is 6.09 Å². The summed E-state index contributed by atoms with van der Waals surface area (Å²) >= 11 is 12.3. The quantitative estimate of drug-likeness (QED) is 0.321. The van der Waals surface area contributed by atoms with E-state index >= 15 is 0 Å². The number of carbonyl (C=O) groups is 2. The van der Waals surface area contributed by atoms with Crippen molar-refractivity contribution in [1.82, 2.24) is 10.6 Å². The monoisotopic (exact) mass is 591 g/mol. The SMILES string of the molecule is CC(C)(C)OC(=O)NCc1ccc(CNC(=O)c2ccc(N(Cc3cccc(Cl)c3Cl)S(C)(=O)=O)cc2)cc1. The van der Waals surface area contributed by atoms with Crippen molar-refractivity contribution in [1.29, 1.82) is 0 Å². The van der Waals surface area contributed by atoms with Crippen molar-refractivity contribution in [2.45, 2.75) is 46.0 Å². The van der Waals surface area contributed by atoms with E-state index in [2.05, 4.69) is 10.6 Å². The number of nitrogens with zero attached hydrogens (tertiary/aromatic N) is 1. The van der Waals surface area contributed by atoms with Crippen LogP contribution in [-0.4, -0.2) is 32.3 Å². The number of rotatable bonds is 9. The van der Waals surface area contributed by atoms with Crippen LogP contribution in [0.3, 0.4) is 0 Å². The third-order valence-corrected chi connectivity index (χ3v) is 7.47. The fourth-order valence-electron chi connectivity index (χ4n) is 3.55. The van der Waals surface area contributed by atoms with Gasteiger partial charge < -0.3 is 15.4 Å². The molecule has 2 N–H and O–H groups in total. The van der Waals surface area contributed by atoms with E-state index in [1.807, 2.05) is 24.3 Å². The van der Waals surface area contributed by atoms with Gasteiger partial charge in [0.1, 0.15) is 5.60 Å². The van der Waals surface area contributed by atoms with E-state index in [9.17, 15) is 18.0 Å². The Morgan fingerprint density at radius 2 is 1.44 bits per heavy atom. The summed E-state index contributed by atoms with van der Waals surface area (Å²) in [4.78, 5) is 24.5. The third-order valence-electron chi connectivity index (χ3n) is 5.48. The van der Waals surface area contributed by atoms with Crippen LogP contribution in [0.4, 0.5) is 10.5 Å². The zero-order chi connectivity index (χ0) is 28.8. The summed E-state index contributed by atoms with van der Waals surface area (Å²) in [6, 6.07) is 18.7.